The van der Waals surface area contributed by atoms with Gasteiger partial charge in [-0.1, -0.05) is 18.2 Å². The average Bonchev–Trinajstić information content (AvgIpc) is 2.73. The maximum Gasteiger partial charge on any atom is 0.292 e. The molecule has 1 N–H and O–H groups in total. The smallest absolute Gasteiger partial charge is 0.292 e. The molecule has 3 rings (SSSR count). The summed E-state index contributed by atoms with van der Waals surface area (Å²) in [5.41, 5.74) is 3.28. The SMILES string of the molecule is Cc1ccc(C(=O)NCC(=O)N2CCN(c3ccccc3[N+](=O)[O-])CC2)cc1C. The van der Waals surface area contributed by atoms with Crippen molar-refractivity contribution in [3.63, 3.8) is 0 Å². The fourth-order valence-corrected chi connectivity index (χ4v) is 3.34. The van der Waals surface area contributed by atoms with E-state index in [1.165, 1.54) is 6.07 Å². The number of nitro benzene ring substituents is 1. The predicted octanol–water partition coefficient (Wildman–Crippen LogP) is 2.29. The van der Waals surface area contributed by atoms with Gasteiger partial charge >= 0.3 is 0 Å². The Labute approximate surface area is 169 Å². The van der Waals surface area contributed by atoms with Gasteiger partial charge in [0.15, 0.2) is 0 Å². The molecule has 0 saturated carbocycles. The summed E-state index contributed by atoms with van der Waals surface area (Å²) in [5.74, 6) is -0.440. The highest BCUT2D eigenvalue weighted by molar-refractivity contribution is 5.96. The van der Waals surface area contributed by atoms with Crippen molar-refractivity contribution in [2.45, 2.75) is 13.8 Å². The molecule has 1 fully saturated rings. The number of hydrogen-bond donors (Lipinski definition) is 1. The van der Waals surface area contributed by atoms with Crippen LogP contribution in [-0.2, 0) is 4.79 Å². The van der Waals surface area contributed by atoms with Gasteiger partial charge < -0.3 is 15.1 Å². The fourth-order valence-electron chi connectivity index (χ4n) is 3.34. The number of benzene rings is 2. The summed E-state index contributed by atoms with van der Waals surface area (Å²) in [4.78, 5) is 39.1. The van der Waals surface area contributed by atoms with Crippen LogP contribution in [-0.4, -0.2) is 54.4 Å². The van der Waals surface area contributed by atoms with Crippen LogP contribution in [0.2, 0.25) is 0 Å². The zero-order valence-electron chi connectivity index (χ0n) is 16.6. The van der Waals surface area contributed by atoms with Gasteiger partial charge in [-0.3, -0.25) is 19.7 Å². The molecule has 1 saturated heterocycles. The standard InChI is InChI=1S/C21H24N4O4/c1-15-7-8-17(13-16(15)2)21(27)22-14-20(26)24-11-9-23(10-12-24)18-5-3-4-6-19(18)25(28)29/h3-8,13H,9-12,14H2,1-2H3,(H,22,27). The predicted molar refractivity (Wildman–Crippen MR) is 110 cm³/mol. The van der Waals surface area contributed by atoms with Gasteiger partial charge in [0.2, 0.25) is 5.91 Å². The second-order valence-corrected chi connectivity index (χ2v) is 7.10. The monoisotopic (exact) mass is 396 g/mol. The fraction of sp³-hybridized carbons (Fsp3) is 0.333. The van der Waals surface area contributed by atoms with Crippen LogP contribution in [0.25, 0.3) is 0 Å². The van der Waals surface area contributed by atoms with Crippen LogP contribution in [0, 0.1) is 24.0 Å². The Hall–Kier alpha value is -3.42. The number of anilines is 1. The van der Waals surface area contributed by atoms with E-state index in [1.807, 2.05) is 24.8 Å². The van der Waals surface area contributed by atoms with E-state index in [9.17, 15) is 19.7 Å². The number of carbonyl (C=O) groups excluding carboxylic acids is 2. The van der Waals surface area contributed by atoms with E-state index >= 15 is 0 Å². The third-order valence-electron chi connectivity index (χ3n) is 5.22. The molecule has 8 heteroatoms. The normalized spacial score (nSPS) is 13.9. The van der Waals surface area contributed by atoms with Crippen molar-refractivity contribution >= 4 is 23.2 Å². The second kappa shape index (κ2) is 8.72. The highest BCUT2D eigenvalue weighted by Gasteiger charge is 2.25. The molecule has 0 aromatic heterocycles. The highest BCUT2D eigenvalue weighted by Crippen LogP contribution is 2.28. The first-order valence-corrected chi connectivity index (χ1v) is 9.48. The van der Waals surface area contributed by atoms with Gasteiger partial charge in [0.1, 0.15) is 5.69 Å². The molecule has 0 aliphatic carbocycles. The first-order chi connectivity index (χ1) is 13.9. The van der Waals surface area contributed by atoms with Crippen molar-refractivity contribution in [3.05, 3.63) is 69.3 Å². The summed E-state index contributed by atoms with van der Waals surface area (Å²) < 4.78 is 0. The molecule has 0 radical (unpaired) electrons. The minimum atomic E-state index is -0.394. The first kappa shape index (κ1) is 20.3. The van der Waals surface area contributed by atoms with E-state index in [1.54, 1.807) is 35.2 Å². The Bertz CT molecular complexity index is 936. The molecule has 1 aliphatic heterocycles. The van der Waals surface area contributed by atoms with Gasteiger partial charge in [-0.2, -0.15) is 0 Å². The molecule has 152 valence electrons. The van der Waals surface area contributed by atoms with Gasteiger partial charge in [0.05, 0.1) is 11.5 Å². The lowest BCUT2D eigenvalue weighted by atomic mass is 10.1. The molecule has 1 heterocycles. The van der Waals surface area contributed by atoms with Crippen LogP contribution < -0.4 is 10.2 Å². The topological polar surface area (TPSA) is 95.8 Å². The van der Waals surface area contributed by atoms with Gasteiger partial charge in [0.25, 0.3) is 11.6 Å². The zero-order valence-corrected chi connectivity index (χ0v) is 16.6. The molecule has 2 amide bonds. The molecular formula is C21H24N4O4. The number of piperazine rings is 1. The first-order valence-electron chi connectivity index (χ1n) is 9.48. The number of nitrogens with one attached hydrogen (secondary N) is 1. The van der Waals surface area contributed by atoms with E-state index in [0.29, 0.717) is 37.4 Å². The number of nitro groups is 1. The van der Waals surface area contributed by atoms with Gasteiger partial charge in [-0.25, -0.2) is 0 Å². The molecule has 0 spiro atoms. The zero-order chi connectivity index (χ0) is 21.0. The largest absolute Gasteiger partial charge is 0.362 e. The van der Waals surface area contributed by atoms with Crippen LogP contribution in [0.3, 0.4) is 0 Å². The Kier molecular flexibility index (Phi) is 6.11. The van der Waals surface area contributed by atoms with E-state index in [0.717, 1.165) is 11.1 Å². The number of rotatable bonds is 5. The average molecular weight is 396 g/mol. The van der Waals surface area contributed by atoms with E-state index in [-0.39, 0.29) is 24.0 Å². The van der Waals surface area contributed by atoms with Crippen molar-refractivity contribution < 1.29 is 14.5 Å². The third-order valence-corrected chi connectivity index (χ3v) is 5.22. The molecule has 2 aromatic carbocycles. The van der Waals surface area contributed by atoms with E-state index in [2.05, 4.69) is 5.32 Å². The molecule has 29 heavy (non-hydrogen) atoms. The summed E-state index contributed by atoms with van der Waals surface area (Å²) in [6.07, 6.45) is 0. The van der Waals surface area contributed by atoms with Crippen LogP contribution in [0.5, 0.6) is 0 Å². The summed E-state index contributed by atoms with van der Waals surface area (Å²) in [7, 11) is 0. The van der Waals surface area contributed by atoms with E-state index < -0.39 is 4.92 Å². The summed E-state index contributed by atoms with van der Waals surface area (Å²) in [6.45, 7) is 5.74. The minimum Gasteiger partial charge on any atom is -0.362 e. The Balaban J connectivity index is 1.53. The maximum atomic E-state index is 12.5. The number of hydrogen-bond acceptors (Lipinski definition) is 5. The lowest BCUT2D eigenvalue weighted by molar-refractivity contribution is -0.384. The number of aryl methyl sites for hydroxylation is 2. The molecule has 0 atom stereocenters. The van der Waals surface area contributed by atoms with Crippen molar-refractivity contribution in [1.29, 1.82) is 0 Å². The molecular weight excluding hydrogens is 372 g/mol. The molecule has 0 bridgehead atoms. The third kappa shape index (κ3) is 4.71. The second-order valence-electron chi connectivity index (χ2n) is 7.10. The van der Waals surface area contributed by atoms with Crippen molar-refractivity contribution in [2.75, 3.05) is 37.6 Å². The summed E-state index contributed by atoms with van der Waals surface area (Å²) >= 11 is 0. The molecule has 2 aromatic rings. The van der Waals surface area contributed by atoms with Crippen LogP contribution in [0.15, 0.2) is 42.5 Å². The molecule has 0 unspecified atom stereocenters. The summed E-state index contributed by atoms with van der Waals surface area (Å²) in [6, 6.07) is 12.0. The Morgan fingerprint density at radius 2 is 1.72 bits per heavy atom. The van der Waals surface area contributed by atoms with Crippen molar-refractivity contribution in [2.24, 2.45) is 0 Å². The number of nitrogens with zero attached hydrogens (tertiary/aromatic N) is 3. The number of para-hydroxylation sites is 2. The maximum absolute atomic E-state index is 12.5. The van der Waals surface area contributed by atoms with Crippen LogP contribution in [0.4, 0.5) is 11.4 Å². The van der Waals surface area contributed by atoms with Crippen LogP contribution >= 0.6 is 0 Å². The Morgan fingerprint density at radius 1 is 1.03 bits per heavy atom. The minimum absolute atomic E-state index is 0.0629. The lowest BCUT2D eigenvalue weighted by Gasteiger charge is -2.35. The van der Waals surface area contributed by atoms with Gasteiger partial charge in [-0.05, 0) is 43.2 Å². The lowest BCUT2D eigenvalue weighted by Crippen LogP contribution is -2.51. The van der Waals surface area contributed by atoms with Crippen molar-refractivity contribution in [1.82, 2.24) is 10.2 Å². The quantitative estimate of drug-likeness (QED) is 0.618. The highest BCUT2D eigenvalue weighted by atomic mass is 16.6. The van der Waals surface area contributed by atoms with Crippen molar-refractivity contribution in [3.8, 4) is 0 Å². The number of amides is 2. The summed E-state index contributed by atoms with van der Waals surface area (Å²) in [5, 5.41) is 13.9. The Morgan fingerprint density at radius 3 is 2.38 bits per heavy atom. The molecule has 8 nitrogen and oxygen atoms in total. The van der Waals surface area contributed by atoms with Crippen LogP contribution in [0.1, 0.15) is 21.5 Å². The molecule has 1 aliphatic rings. The van der Waals surface area contributed by atoms with E-state index in [4.69, 9.17) is 0 Å². The number of carbonyl (C=O) groups is 2. The van der Waals surface area contributed by atoms with Gasteiger partial charge in [-0.15, -0.1) is 0 Å². The van der Waals surface area contributed by atoms with Gasteiger partial charge in [0, 0.05) is 37.8 Å².